The Bertz CT molecular complexity index is 1040. The van der Waals surface area contributed by atoms with Crippen LogP contribution in [0, 0.1) is 41.4 Å². The van der Waals surface area contributed by atoms with Crippen molar-refractivity contribution < 1.29 is 51.1 Å². The Morgan fingerprint density at radius 1 is 1.00 bits per heavy atom. The van der Waals surface area contributed by atoms with Gasteiger partial charge in [-0.05, 0) is 37.5 Å². The normalized spacial score (nSPS) is 44.6. The van der Waals surface area contributed by atoms with E-state index in [2.05, 4.69) is 0 Å². The summed E-state index contributed by atoms with van der Waals surface area (Å²) in [4.78, 5) is 48.8. The molecule has 180 valence electrons. The summed E-state index contributed by atoms with van der Waals surface area (Å²) < 4.78 is 54.3. The van der Waals surface area contributed by atoms with Crippen LogP contribution in [-0.4, -0.2) is 67.0 Å². The lowest BCUT2D eigenvalue weighted by atomic mass is 9.88. The molecule has 0 aromatic carbocycles. The third-order valence-electron chi connectivity index (χ3n) is 8.54. The van der Waals surface area contributed by atoms with Crippen molar-refractivity contribution in [2.45, 2.75) is 55.7 Å². The average molecular weight is 484 g/mol. The molecule has 0 radical (unpaired) electrons. The average Bonchev–Trinajstić information content (AvgIpc) is 3.10. The lowest BCUT2D eigenvalue weighted by Gasteiger charge is -2.25. The topological polar surface area (TPSA) is 160 Å². The summed E-state index contributed by atoms with van der Waals surface area (Å²) >= 11 is 0. The summed E-state index contributed by atoms with van der Waals surface area (Å²) in [7, 11) is -4.97. The van der Waals surface area contributed by atoms with E-state index in [4.69, 9.17) is 18.9 Å². The molecule has 11 nitrogen and oxygen atoms in total. The van der Waals surface area contributed by atoms with Crippen LogP contribution in [0.5, 0.6) is 0 Å². The highest BCUT2D eigenvalue weighted by atomic mass is 32.2. The summed E-state index contributed by atoms with van der Waals surface area (Å²) in [6.45, 7) is -0.332. The monoisotopic (exact) mass is 484 g/mol. The zero-order valence-corrected chi connectivity index (χ0v) is 18.3. The van der Waals surface area contributed by atoms with Crippen molar-refractivity contribution in [1.82, 2.24) is 0 Å². The third-order valence-corrected chi connectivity index (χ3v) is 9.62. The van der Waals surface area contributed by atoms with Gasteiger partial charge in [0.05, 0.1) is 18.3 Å². The zero-order chi connectivity index (χ0) is 23.2. The van der Waals surface area contributed by atoms with Gasteiger partial charge in [0, 0.05) is 17.8 Å². The quantitative estimate of drug-likeness (QED) is 0.291. The molecule has 2 heterocycles. The molecule has 0 spiro atoms. The number of hydrogen-bond acceptors (Lipinski definition) is 10. The highest BCUT2D eigenvalue weighted by Crippen LogP contribution is 2.62. The van der Waals surface area contributed by atoms with Gasteiger partial charge >= 0.3 is 23.9 Å². The summed E-state index contributed by atoms with van der Waals surface area (Å²) in [5.41, 5.74) is 0. The Kier molecular flexibility index (Phi) is 4.62. The Balaban J connectivity index is 1.07. The van der Waals surface area contributed by atoms with E-state index in [0.29, 0.717) is 24.7 Å². The van der Waals surface area contributed by atoms with Crippen LogP contribution in [0.15, 0.2) is 0 Å². The first kappa shape index (κ1) is 21.3. The van der Waals surface area contributed by atoms with Gasteiger partial charge in [0.25, 0.3) is 10.1 Å². The maximum Gasteiger partial charge on any atom is 0.327 e. The Labute approximate surface area is 189 Å². The van der Waals surface area contributed by atoms with Gasteiger partial charge in [-0.2, -0.15) is 8.42 Å². The fourth-order valence-electron chi connectivity index (χ4n) is 7.03. The van der Waals surface area contributed by atoms with Crippen LogP contribution in [0.4, 0.5) is 0 Å². The van der Waals surface area contributed by atoms with Gasteiger partial charge in [-0.3, -0.25) is 23.7 Å². The number of hydrogen-bond donors (Lipinski definition) is 1. The van der Waals surface area contributed by atoms with Crippen LogP contribution in [0.3, 0.4) is 0 Å². The van der Waals surface area contributed by atoms with E-state index in [1.54, 1.807) is 0 Å². The minimum atomic E-state index is -4.97. The van der Waals surface area contributed by atoms with E-state index in [1.807, 2.05) is 0 Å². The van der Waals surface area contributed by atoms with Crippen molar-refractivity contribution in [1.29, 1.82) is 0 Å². The summed E-state index contributed by atoms with van der Waals surface area (Å²) in [6.07, 6.45) is 0.170. The third kappa shape index (κ3) is 3.36. The Morgan fingerprint density at radius 2 is 1.70 bits per heavy atom. The summed E-state index contributed by atoms with van der Waals surface area (Å²) in [5, 5.41) is -2.16. The lowest BCUT2D eigenvalue weighted by Crippen LogP contribution is -2.40. The molecule has 2 saturated heterocycles. The molecule has 33 heavy (non-hydrogen) atoms. The van der Waals surface area contributed by atoms with Gasteiger partial charge < -0.3 is 18.9 Å². The number of ether oxygens (including phenoxy) is 4. The molecular formula is C21H24O11S. The van der Waals surface area contributed by atoms with E-state index in [9.17, 15) is 32.1 Å². The van der Waals surface area contributed by atoms with E-state index in [1.165, 1.54) is 0 Å². The van der Waals surface area contributed by atoms with Crippen molar-refractivity contribution in [3.05, 3.63) is 0 Å². The fourth-order valence-corrected chi connectivity index (χ4v) is 7.68. The van der Waals surface area contributed by atoms with Crippen molar-refractivity contribution in [2.75, 3.05) is 6.61 Å². The van der Waals surface area contributed by atoms with Crippen LogP contribution >= 0.6 is 0 Å². The first-order valence-electron chi connectivity index (χ1n) is 11.3. The molecular weight excluding hydrogens is 460 g/mol. The molecule has 0 aromatic rings. The smallest absolute Gasteiger partial charge is 0.327 e. The largest absolute Gasteiger partial charge is 0.461 e. The van der Waals surface area contributed by atoms with Crippen LogP contribution in [-0.2, 0) is 48.2 Å². The lowest BCUT2D eigenvalue weighted by molar-refractivity contribution is -0.163. The number of fused-ring (bicyclic) bond motifs is 4. The second kappa shape index (κ2) is 7.14. The maximum absolute atomic E-state index is 12.5. The summed E-state index contributed by atoms with van der Waals surface area (Å²) in [5.74, 6) is -2.61. The molecule has 2 aliphatic heterocycles. The standard InChI is InChI=1S/C21H24O11S/c22-15(31-17-8-3-10-11(4-8)19(23)32-18(10)17)5-14(33(26,27)28)21(25)29-6-13-16-9-1-7(9)2-12(16)20(24)30-13/h7-14,16-18H,1-6H2,(H,26,27,28). The highest BCUT2D eigenvalue weighted by Gasteiger charge is 2.64. The molecule has 0 amide bonds. The highest BCUT2D eigenvalue weighted by molar-refractivity contribution is 7.87. The number of carbonyl (C=O) groups excluding carboxylic acids is 4. The molecule has 6 fully saturated rings. The minimum Gasteiger partial charge on any atom is -0.461 e. The minimum absolute atomic E-state index is 0.0118. The van der Waals surface area contributed by atoms with Crippen LogP contribution in [0.2, 0.25) is 0 Å². The van der Waals surface area contributed by atoms with E-state index < -0.39 is 52.0 Å². The van der Waals surface area contributed by atoms with Crippen LogP contribution in [0.25, 0.3) is 0 Å². The Hall–Kier alpha value is -2.21. The van der Waals surface area contributed by atoms with Gasteiger partial charge in [0.1, 0.15) is 24.9 Å². The van der Waals surface area contributed by atoms with E-state index >= 15 is 0 Å². The molecule has 1 N–H and O–H groups in total. The molecule has 4 aliphatic carbocycles. The molecule has 12 heteroatoms. The second-order valence-corrected chi connectivity index (χ2v) is 11.8. The molecule has 11 unspecified atom stereocenters. The van der Waals surface area contributed by atoms with Gasteiger partial charge in [-0.1, -0.05) is 0 Å². The van der Waals surface area contributed by atoms with Gasteiger partial charge in [0.2, 0.25) is 0 Å². The van der Waals surface area contributed by atoms with E-state index in [-0.39, 0.29) is 48.1 Å². The first-order valence-corrected chi connectivity index (χ1v) is 12.9. The van der Waals surface area contributed by atoms with Crippen LogP contribution in [0.1, 0.15) is 32.1 Å². The molecule has 2 bridgehead atoms. The predicted molar refractivity (Wildman–Crippen MR) is 103 cm³/mol. The molecule has 6 aliphatic rings. The maximum atomic E-state index is 12.5. The van der Waals surface area contributed by atoms with Crippen molar-refractivity contribution in [3.63, 3.8) is 0 Å². The molecule has 6 rings (SSSR count). The molecule has 4 saturated carbocycles. The number of carbonyl (C=O) groups is 4. The number of esters is 4. The SMILES string of the molecule is O=C(CC(C(=O)OCC1OC(=O)C2CC3CC3C12)S(=O)(=O)O)OC1C2CC3C(=O)OC1C3C2. The van der Waals surface area contributed by atoms with Gasteiger partial charge in [0.15, 0.2) is 5.25 Å². The summed E-state index contributed by atoms with van der Waals surface area (Å²) in [6, 6.07) is 0. The van der Waals surface area contributed by atoms with Gasteiger partial charge in [-0.25, -0.2) is 0 Å². The fraction of sp³-hybridized carbons (Fsp3) is 0.810. The molecule has 0 aromatic heterocycles. The Morgan fingerprint density at radius 3 is 2.45 bits per heavy atom. The zero-order valence-electron chi connectivity index (χ0n) is 17.5. The van der Waals surface area contributed by atoms with Gasteiger partial charge in [-0.15, -0.1) is 0 Å². The predicted octanol–water partition coefficient (Wildman–Crippen LogP) is -0.133. The van der Waals surface area contributed by atoms with Crippen LogP contribution < -0.4 is 0 Å². The number of rotatable bonds is 7. The van der Waals surface area contributed by atoms with Crippen molar-refractivity contribution in [3.8, 4) is 0 Å². The molecule has 11 atom stereocenters. The van der Waals surface area contributed by atoms with Crippen molar-refractivity contribution in [2.24, 2.45) is 41.4 Å². The van der Waals surface area contributed by atoms with Crippen molar-refractivity contribution >= 4 is 34.0 Å². The second-order valence-electron chi connectivity index (χ2n) is 10.3. The van der Waals surface area contributed by atoms with E-state index in [0.717, 1.165) is 12.8 Å². The first-order chi connectivity index (χ1) is 15.6. The number of cyclic esters (lactones) is 1.